The molecule has 0 unspecified atom stereocenters. The Kier molecular flexibility index (Phi) is 11.8. The first-order chi connectivity index (χ1) is 26.9. The van der Waals surface area contributed by atoms with Crippen LogP contribution in [0.5, 0.6) is 0 Å². The zero-order valence-corrected chi connectivity index (χ0v) is 31.8. The van der Waals surface area contributed by atoms with Gasteiger partial charge in [0.2, 0.25) is 0 Å². The monoisotopic (exact) mass is 756 g/mol. The summed E-state index contributed by atoms with van der Waals surface area (Å²) in [5.74, 6) is -1.41. The van der Waals surface area contributed by atoms with Crippen molar-refractivity contribution in [1.29, 1.82) is 15.8 Å². The lowest BCUT2D eigenvalue weighted by Gasteiger charge is -2.49. The maximum absolute atomic E-state index is 12.4. The van der Waals surface area contributed by atoms with Crippen molar-refractivity contribution in [2.45, 2.75) is 90.9 Å². The average Bonchev–Trinajstić information content (AvgIpc) is 3.16. The van der Waals surface area contributed by atoms with E-state index in [2.05, 4.69) is 47.9 Å². The average molecular weight is 757 g/mol. The molecule has 8 rings (SSSR count). The van der Waals surface area contributed by atoms with Crippen LogP contribution in [0, 0.1) is 44.8 Å². The minimum absolute atomic E-state index is 0.140. The van der Waals surface area contributed by atoms with Gasteiger partial charge in [0.05, 0.1) is 23.3 Å². The van der Waals surface area contributed by atoms with Crippen molar-refractivity contribution >= 4 is 41.1 Å². The van der Waals surface area contributed by atoms with Gasteiger partial charge < -0.3 is 19.7 Å². The Morgan fingerprint density at radius 1 is 0.732 bits per heavy atom. The number of carbonyl (C=O) groups excluding carboxylic acids is 4. The van der Waals surface area contributed by atoms with Gasteiger partial charge in [-0.2, -0.15) is 15.8 Å². The number of hydrogen-bond acceptors (Lipinski definition) is 14. The maximum Gasteiger partial charge on any atom is 0.310 e. The molecule has 14 nitrogen and oxygen atoms in total. The number of allylic oxidation sites excluding steroid dienone is 2. The van der Waals surface area contributed by atoms with Crippen LogP contribution in [-0.2, 0) is 36.8 Å². The Balaban J connectivity index is 0.000000163. The minimum atomic E-state index is -0.562. The number of nitrogens with zero attached hydrogens (tertiary/aromatic N) is 8. The summed E-state index contributed by atoms with van der Waals surface area (Å²) in [5, 5.41) is 40.1. The van der Waals surface area contributed by atoms with E-state index in [1.54, 1.807) is 18.5 Å². The topological polar surface area (TPSA) is 214 Å². The molecule has 4 aliphatic carbocycles. The zero-order chi connectivity index (χ0) is 40.0. The van der Waals surface area contributed by atoms with Gasteiger partial charge in [-0.25, -0.2) is 4.98 Å². The number of hydrogen-bond donors (Lipinski definition) is 1. The van der Waals surface area contributed by atoms with Gasteiger partial charge in [0, 0.05) is 76.4 Å². The summed E-state index contributed by atoms with van der Waals surface area (Å²) < 4.78 is 3.97. The van der Waals surface area contributed by atoms with E-state index in [9.17, 15) is 29.7 Å². The molecule has 0 atom stereocenters. The molecule has 4 heterocycles. The Labute approximate surface area is 325 Å². The van der Waals surface area contributed by atoms with Gasteiger partial charge in [-0.15, -0.1) is 0 Å². The van der Waals surface area contributed by atoms with E-state index >= 15 is 0 Å². The van der Waals surface area contributed by atoms with Crippen molar-refractivity contribution in [3.05, 3.63) is 69.3 Å². The highest BCUT2D eigenvalue weighted by Gasteiger charge is 2.43. The van der Waals surface area contributed by atoms with E-state index in [4.69, 9.17) is 10.5 Å². The summed E-state index contributed by atoms with van der Waals surface area (Å²) in [6.45, 7) is 5.86. The predicted molar refractivity (Wildman–Crippen MR) is 202 cm³/mol. The summed E-state index contributed by atoms with van der Waals surface area (Å²) in [6.07, 6.45) is 17.3. The fourth-order valence-corrected chi connectivity index (χ4v) is 8.81. The second-order valence-electron chi connectivity index (χ2n) is 15.5. The standard InChI is InChI=1S/C19H20N4O2.C19H18N4O.C4H6O3/c20-10-16-17(24)8-13-11-21-14(12-22-25)9-15(13)18(16)23-6-4-19(5-7-23)2-1-3-19;20-10-14-9-15-13(12-22-14)8-17(24)16(11-21)18(15)23-6-4-19(5-7-23)2-1-3-19;1-3(5)7-4(2)6/h9,11-12,25H,1-8H2;9,12H,1-8H2;1-2H3/b22-12+;;. The molecule has 0 aromatic carbocycles. The second kappa shape index (κ2) is 16.7. The molecule has 2 aromatic rings. The smallest absolute Gasteiger partial charge is 0.310 e. The van der Waals surface area contributed by atoms with Crippen molar-refractivity contribution in [2.24, 2.45) is 16.0 Å². The number of ether oxygens (including phenoxy) is 1. The quantitative estimate of drug-likeness (QED) is 0.141. The van der Waals surface area contributed by atoms with Gasteiger partial charge in [0.15, 0.2) is 11.6 Å². The van der Waals surface area contributed by atoms with Gasteiger partial charge in [-0.1, -0.05) is 18.0 Å². The molecule has 4 fully saturated rings. The molecule has 2 saturated heterocycles. The van der Waals surface area contributed by atoms with Crippen LogP contribution in [0.2, 0.25) is 0 Å². The third-order valence-electron chi connectivity index (χ3n) is 12.2. The summed E-state index contributed by atoms with van der Waals surface area (Å²) in [7, 11) is 0. The molecule has 2 aromatic heterocycles. The lowest BCUT2D eigenvalue weighted by Crippen LogP contribution is -2.43. The van der Waals surface area contributed by atoms with Crippen molar-refractivity contribution in [3.63, 3.8) is 0 Å². The molecule has 2 saturated carbocycles. The number of carbonyl (C=O) groups is 4. The van der Waals surface area contributed by atoms with Crippen LogP contribution in [0.15, 0.2) is 40.8 Å². The lowest BCUT2D eigenvalue weighted by atomic mass is 9.63. The van der Waals surface area contributed by atoms with Crippen molar-refractivity contribution in [3.8, 4) is 18.2 Å². The number of nitriles is 3. The number of piperidine rings is 2. The molecule has 0 bridgehead atoms. The highest BCUT2D eigenvalue weighted by atomic mass is 16.6. The van der Waals surface area contributed by atoms with E-state index in [0.29, 0.717) is 22.2 Å². The van der Waals surface area contributed by atoms with E-state index < -0.39 is 11.9 Å². The predicted octanol–water partition coefficient (Wildman–Crippen LogP) is 5.19. The van der Waals surface area contributed by atoms with Crippen molar-refractivity contribution in [2.75, 3.05) is 26.2 Å². The third kappa shape index (κ3) is 8.23. The summed E-state index contributed by atoms with van der Waals surface area (Å²) in [6, 6.07) is 9.83. The molecule has 14 heteroatoms. The number of Topliss-reactive ketones (excluding diaryl/α,β-unsaturated/α-hetero) is 2. The summed E-state index contributed by atoms with van der Waals surface area (Å²) in [5.41, 5.74) is 7.12. The fourth-order valence-electron chi connectivity index (χ4n) is 8.81. The molecule has 0 amide bonds. The number of pyridine rings is 2. The van der Waals surface area contributed by atoms with Crippen LogP contribution in [0.4, 0.5) is 0 Å². The van der Waals surface area contributed by atoms with E-state index in [1.165, 1.54) is 58.6 Å². The van der Waals surface area contributed by atoms with Crippen LogP contribution >= 0.6 is 0 Å². The molecule has 2 aliphatic heterocycles. The van der Waals surface area contributed by atoms with Gasteiger partial charge in [-0.05, 0) is 85.5 Å². The first-order valence-electron chi connectivity index (χ1n) is 19.0. The first kappa shape index (κ1) is 39.5. The fraction of sp³-hybridized carbons (Fsp3) is 0.476. The molecule has 1 N–H and O–H groups in total. The van der Waals surface area contributed by atoms with Crippen LogP contribution in [0.25, 0.3) is 11.4 Å². The van der Waals surface area contributed by atoms with Crippen LogP contribution in [0.1, 0.15) is 112 Å². The number of ketones is 2. The molecule has 0 radical (unpaired) electrons. The van der Waals surface area contributed by atoms with E-state index in [1.807, 2.05) is 6.07 Å². The number of fused-ring (bicyclic) bond motifs is 2. The Bertz CT molecular complexity index is 2140. The summed E-state index contributed by atoms with van der Waals surface area (Å²) in [4.78, 5) is 57.1. The maximum atomic E-state index is 12.4. The number of aromatic nitrogens is 2. The zero-order valence-electron chi connectivity index (χ0n) is 31.8. The van der Waals surface area contributed by atoms with Crippen LogP contribution < -0.4 is 0 Å². The summed E-state index contributed by atoms with van der Waals surface area (Å²) >= 11 is 0. The van der Waals surface area contributed by atoms with Gasteiger partial charge in [0.1, 0.15) is 35.0 Å². The van der Waals surface area contributed by atoms with E-state index in [0.717, 1.165) is 85.5 Å². The van der Waals surface area contributed by atoms with Crippen molar-refractivity contribution < 1.29 is 29.1 Å². The van der Waals surface area contributed by atoms with Crippen molar-refractivity contribution in [1.82, 2.24) is 19.8 Å². The number of likely N-dealkylation sites (tertiary alicyclic amines) is 2. The Hall–Kier alpha value is -6.20. The molecule has 6 aliphatic rings. The lowest BCUT2D eigenvalue weighted by molar-refractivity contribution is -0.156. The van der Waals surface area contributed by atoms with E-state index in [-0.39, 0.29) is 35.6 Å². The molecular weight excluding hydrogens is 713 g/mol. The largest absolute Gasteiger partial charge is 0.411 e. The Morgan fingerprint density at radius 3 is 1.54 bits per heavy atom. The van der Waals surface area contributed by atoms with Crippen LogP contribution in [0.3, 0.4) is 0 Å². The van der Waals surface area contributed by atoms with Crippen LogP contribution in [-0.4, -0.2) is 80.9 Å². The minimum Gasteiger partial charge on any atom is -0.411 e. The Morgan fingerprint density at radius 2 is 1.18 bits per heavy atom. The number of esters is 2. The molecule has 288 valence electrons. The number of oxime groups is 1. The van der Waals surface area contributed by atoms with Gasteiger partial charge >= 0.3 is 11.9 Å². The number of rotatable bonds is 3. The highest BCUT2D eigenvalue weighted by Crippen LogP contribution is 2.51. The van der Waals surface area contributed by atoms with Gasteiger partial charge in [-0.3, -0.25) is 24.2 Å². The van der Waals surface area contributed by atoms with Gasteiger partial charge in [0.25, 0.3) is 0 Å². The molecule has 56 heavy (non-hydrogen) atoms. The normalized spacial score (nSPS) is 20.1. The third-order valence-corrected chi connectivity index (χ3v) is 12.2. The molecule has 2 spiro atoms. The SMILES string of the molecule is CC(=O)OC(C)=O.N#CC1=C(N2CCC3(CCC3)CC2)c2cc(/C=N/O)ncc2CC1=O.N#CC1=C(N2CCC3(CCC3)CC2)c2cc(C#N)ncc2CC1=O. The first-order valence-corrected chi connectivity index (χ1v) is 19.0. The second-order valence-corrected chi connectivity index (χ2v) is 15.5. The highest BCUT2D eigenvalue weighted by molar-refractivity contribution is 6.10. The molecular formula is C42H44N8O6.